The summed E-state index contributed by atoms with van der Waals surface area (Å²) in [4.78, 5) is 39.3. The van der Waals surface area contributed by atoms with Crippen LogP contribution in [0.4, 0.5) is 10.5 Å². The number of benzene rings is 1. The monoisotopic (exact) mass is 439 g/mol. The van der Waals surface area contributed by atoms with E-state index in [4.69, 9.17) is 9.47 Å². The van der Waals surface area contributed by atoms with Crippen molar-refractivity contribution in [3.63, 3.8) is 0 Å². The fourth-order valence-corrected chi connectivity index (χ4v) is 4.13. The molecule has 2 aliphatic heterocycles. The molecule has 2 aromatic rings. The summed E-state index contributed by atoms with van der Waals surface area (Å²) in [6.45, 7) is 6.17. The van der Waals surface area contributed by atoms with Crippen molar-refractivity contribution in [2.45, 2.75) is 32.8 Å². The number of methoxy groups -OCH3 is 1. The summed E-state index contributed by atoms with van der Waals surface area (Å²) in [7, 11) is 1.61. The molecular weight excluding hydrogens is 410 g/mol. The van der Waals surface area contributed by atoms with Crippen molar-refractivity contribution in [1.82, 2.24) is 19.8 Å². The van der Waals surface area contributed by atoms with Crippen molar-refractivity contribution >= 4 is 17.6 Å². The maximum atomic E-state index is 12.8. The predicted octanol–water partition coefficient (Wildman–Crippen LogP) is 2.41. The van der Waals surface area contributed by atoms with Gasteiger partial charge in [-0.1, -0.05) is 0 Å². The third-order valence-electron chi connectivity index (χ3n) is 5.83. The van der Waals surface area contributed by atoms with Gasteiger partial charge in [0.2, 0.25) is 11.8 Å². The average Bonchev–Trinajstić information content (AvgIpc) is 3.13. The summed E-state index contributed by atoms with van der Waals surface area (Å²) < 4.78 is 11.2. The molecule has 3 amide bonds. The van der Waals surface area contributed by atoms with Crippen LogP contribution in [-0.2, 0) is 4.79 Å². The lowest BCUT2D eigenvalue weighted by atomic mass is 10.1. The van der Waals surface area contributed by atoms with Crippen LogP contribution in [0.1, 0.15) is 24.4 Å². The third kappa shape index (κ3) is 4.92. The van der Waals surface area contributed by atoms with Gasteiger partial charge in [-0.3, -0.25) is 9.69 Å². The lowest BCUT2D eigenvalue weighted by Gasteiger charge is -2.33. The van der Waals surface area contributed by atoms with Crippen molar-refractivity contribution in [1.29, 1.82) is 0 Å². The topological polar surface area (TPSA) is 88.1 Å². The highest BCUT2D eigenvalue weighted by molar-refractivity contribution is 5.96. The van der Waals surface area contributed by atoms with Crippen LogP contribution in [0.5, 0.6) is 11.6 Å². The van der Waals surface area contributed by atoms with Gasteiger partial charge in [0, 0.05) is 56.5 Å². The number of nitrogens with zero attached hydrogens (tertiary/aromatic N) is 5. The zero-order valence-corrected chi connectivity index (χ0v) is 18.8. The van der Waals surface area contributed by atoms with Crippen molar-refractivity contribution in [2.75, 3.05) is 44.7 Å². The van der Waals surface area contributed by atoms with Gasteiger partial charge in [0.15, 0.2) is 0 Å². The summed E-state index contributed by atoms with van der Waals surface area (Å²) >= 11 is 0. The number of likely N-dealkylation sites (tertiary alicyclic amines) is 1. The average molecular weight is 440 g/mol. The largest absolute Gasteiger partial charge is 0.497 e. The van der Waals surface area contributed by atoms with E-state index in [2.05, 4.69) is 9.97 Å². The summed E-state index contributed by atoms with van der Waals surface area (Å²) in [5.41, 5.74) is 1.68. The molecule has 1 aromatic carbocycles. The number of aromatic nitrogens is 2. The minimum atomic E-state index is -0.142. The van der Waals surface area contributed by atoms with Crippen LogP contribution >= 0.6 is 0 Å². The quantitative estimate of drug-likeness (QED) is 0.687. The Bertz CT molecular complexity index is 953. The molecule has 0 bridgehead atoms. The first kappa shape index (κ1) is 21.9. The maximum Gasteiger partial charge on any atom is 0.325 e. The summed E-state index contributed by atoms with van der Waals surface area (Å²) in [5, 5.41) is 0. The third-order valence-corrected chi connectivity index (χ3v) is 5.83. The molecule has 0 atom stereocenters. The Kier molecular flexibility index (Phi) is 6.43. The molecule has 0 saturated carbocycles. The van der Waals surface area contributed by atoms with Crippen LogP contribution in [0.3, 0.4) is 0 Å². The number of carbonyl (C=O) groups excluding carboxylic acids is 2. The molecule has 170 valence electrons. The Morgan fingerprint density at radius 1 is 1.06 bits per heavy atom. The molecule has 2 saturated heterocycles. The van der Waals surface area contributed by atoms with E-state index in [0.29, 0.717) is 37.9 Å². The Balaban J connectivity index is 1.27. The number of amides is 3. The molecule has 9 nitrogen and oxygen atoms in total. The van der Waals surface area contributed by atoms with Crippen molar-refractivity contribution in [2.24, 2.45) is 0 Å². The Morgan fingerprint density at radius 3 is 2.44 bits per heavy atom. The van der Waals surface area contributed by atoms with Gasteiger partial charge in [-0.2, -0.15) is 4.98 Å². The van der Waals surface area contributed by atoms with E-state index >= 15 is 0 Å². The second-order valence-electron chi connectivity index (χ2n) is 8.15. The zero-order valence-electron chi connectivity index (χ0n) is 18.8. The molecule has 2 aliphatic rings. The molecule has 0 spiro atoms. The van der Waals surface area contributed by atoms with Crippen molar-refractivity contribution in [3.8, 4) is 11.6 Å². The van der Waals surface area contributed by atoms with Gasteiger partial charge in [0.25, 0.3) is 0 Å². The smallest absolute Gasteiger partial charge is 0.325 e. The summed E-state index contributed by atoms with van der Waals surface area (Å²) in [5.74, 6) is 1.99. The van der Waals surface area contributed by atoms with E-state index in [1.807, 2.05) is 49.1 Å². The fraction of sp³-hybridized carbons (Fsp3) is 0.478. The first-order valence-corrected chi connectivity index (χ1v) is 10.9. The van der Waals surface area contributed by atoms with Crippen LogP contribution in [0, 0.1) is 13.8 Å². The zero-order chi connectivity index (χ0) is 22.7. The van der Waals surface area contributed by atoms with Gasteiger partial charge in [0.05, 0.1) is 7.11 Å². The standard InChI is InChI=1S/C23H29N5O4/c1-16-14-21(25-17(2)24-16)32-20-8-10-26(11-9-20)22(29)15-27-12-13-28(23(27)30)18-4-6-19(31-3)7-5-18/h4-7,14,20H,8-13,15H2,1-3H3. The van der Waals surface area contributed by atoms with E-state index in [-0.39, 0.29) is 24.6 Å². The maximum absolute atomic E-state index is 12.8. The first-order chi connectivity index (χ1) is 15.4. The molecule has 32 heavy (non-hydrogen) atoms. The second kappa shape index (κ2) is 9.42. The Hall–Kier alpha value is -3.36. The highest BCUT2D eigenvalue weighted by atomic mass is 16.5. The predicted molar refractivity (Wildman–Crippen MR) is 119 cm³/mol. The van der Waals surface area contributed by atoms with E-state index < -0.39 is 0 Å². The van der Waals surface area contributed by atoms with Gasteiger partial charge in [-0.15, -0.1) is 0 Å². The van der Waals surface area contributed by atoms with Gasteiger partial charge in [-0.05, 0) is 38.1 Å². The fourth-order valence-electron chi connectivity index (χ4n) is 4.13. The number of hydrogen-bond acceptors (Lipinski definition) is 6. The molecule has 0 radical (unpaired) electrons. The van der Waals surface area contributed by atoms with Crippen LogP contribution in [-0.4, -0.2) is 77.6 Å². The molecule has 2 fully saturated rings. The minimum Gasteiger partial charge on any atom is -0.497 e. The van der Waals surface area contributed by atoms with E-state index in [9.17, 15) is 9.59 Å². The molecule has 0 unspecified atom stereocenters. The molecule has 0 N–H and O–H groups in total. The van der Waals surface area contributed by atoms with Gasteiger partial charge in [-0.25, -0.2) is 9.78 Å². The Morgan fingerprint density at radius 2 is 1.78 bits per heavy atom. The number of piperidine rings is 1. The van der Waals surface area contributed by atoms with Crippen LogP contribution in [0.15, 0.2) is 30.3 Å². The highest BCUT2D eigenvalue weighted by Gasteiger charge is 2.33. The van der Waals surface area contributed by atoms with Gasteiger partial charge < -0.3 is 19.3 Å². The molecule has 3 heterocycles. The van der Waals surface area contributed by atoms with Crippen LogP contribution < -0.4 is 14.4 Å². The SMILES string of the molecule is COc1ccc(N2CCN(CC(=O)N3CCC(Oc4cc(C)nc(C)n4)CC3)C2=O)cc1. The molecule has 4 rings (SSSR count). The molecule has 9 heteroatoms. The van der Waals surface area contributed by atoms with Gasteiger partial charge in [0.1, 0.15) is 24.2 Å². The number of ether oxygens (including phenoxy) is 2. The normalized spacial score (nSPS) is 17.1. The van der Waals surface area contributed by atoms with Crippen LogP contribution in [0.2, 0.25) is 0 Å². The van der Waals surface area contributed by atoms with Crippen molar-refractivity contribution in [3.05, 3.63) is 41.9 Å². The van der Waals surface area contributed by atoms with Crippen LogP contribution in [0.25, 0.3) is 0 Å². The minimum absolute atomic E-state index is 0.0201. The lowest BCUT2D eigenvalue weighted by Crippen LogP contribution is -2.47. The van der Waals surface area contributed by atoms with E-state index in [1.165, 1.54) is 0 Å². The Labute approximate surface area is 187 Å². The van der Waals surface area contributed by atoms with Gasteiger partial charge >= 0.3 is 6.03 Å². The number of urea groups is 1. The molecule has 0 aliphatic carbocycles. The number of carbonyl (C=O) groups is 2. The lowest BCUT2D eigenvalue weighted by molar-refractivity contribution is -0.133. The van der Waals surface area contributed by atoms with E-state index in [1.54, 1.807) is 16.9 Å². The molecule has 1 aromatic heterocycles. The highest BCUT2D eigenvalue weighted by Crippen LogP contribution is 2.24. The number of aryl methyl sites for hydroxylation is 2. The number of anilines is 1. The summed E-state index contributed by atoms with van der Waals surface area (Å²) in [6, 6.07) is 9.05. The van der Waals surface area contributed by atoms with Crippen molar-refractivity contribution < 1.29 is 19.1 Å². The second-order valence-corrected chi connectivity index (χ2v) is 8.15. The molecular formula is C23H29N5O4. The first-order valence-electron chi connectivity index (χ1n) is 10.9. The number of hydrogen-bond donors (Lipinski definition) is 0. The number of rotatable bonds is 6. The summed E-state index contributed by atoms with van der Waals surface area (Å²) in [6.07, 6.45) is 1.49. The van der Waals surface area contributed by atoms with E-state index in [0.717, 1.165) is 30.0 Å².